The molecule has 2 rings (SSSR count). The monoisotopic (exact) mass is 276 g/mol. The number of rotatable bonds is 4. The van der Waals surface area contributed by atoms with E-state index < -0.39 is 0 Å². The van der Waals surface area contributed by atoms with Crippen molar-refractivity contribution >= 4 is 16.9 Å². The largest absolute Gasteiger partial charge is 0.383 e. The van der Waals surface area contributed by atoms with E-state index in [1.54, 1.807) is 6.33 Å². The Bertz CT molecular complexity index is 543. The van der Waals surface area contributed by atoms with Crippen LogP contribution in [0.2, 0.25) is 0 Å². The number of nitrogens with zero attached hydrogens (tertiary/aromatic N) is 3. The molecule has 112 valence electrons. The predicted molar refractivity (Wildman–Crippen MR) is 86.8 cm³/mol. The first kappa shape index (κ1) is 16.5. The number of nitrogen functional groups attached to an aromatic ring is 1. The minimum Gasteiger partial charge on any atom is -0.383 e. The summed E-state index contributed by atoms with van der Waals surface area (Å²) in [6.07, 6.45) is 6.06. The number of aryl methyl sites for hydroxylation is 1. The SMILES string of the molecule is CC.Cc1cn(C(C)CCC(C)C)c2ncnc(N)c12. The van der Waals surface area contributed by atoms with Gasteiger partial charge in [-0.3, -0.25) is 0 Å². The van der Waals surface area contributed by atoms with E-state index in [0.717, 1.165) is 28.9 Å². The number of hydrogen-bond acceptors (Lipinski definition) is 3. The standard InChI is InChI=1S/C14H22N4.C2H6/c1-9(2)5-6-11(4)18-7-10(3)12-13(15)16-8-17-14(12)18;1-2/h7-9,11H,5-6H2,1-4H3,(H2,15,16,17);1-2H3. The van der Waals surface area contributed by atoms with Crippen LogP contribution >= 0.6 is 0 Å². The Balaban J connectivity index is 0.000000956. The molecule has 0 spiro atoms. The Labute approximate surface area is 122 Å². The lowest BCUT2D eigenvalue weighted by molar-refractivity contribution is 0.446. The van der Waals surface area contributed by atoms with Crippen LogP contribution in [0.5, 0.6) is 0 Å². The Morgan fingerprint density at radius 2 is 1.80 bits per heavy atom. The van der Waals surface area contributed by atoms with Gasteiger partial charge in [0.2, 0.25) is 0 Å². The van der Waals surface area contributed by atoms with Crippen LogP contribution in [0.1, 0.15) is 59.1 Å². The molecule has 0 saturated carbocycles. The van der Waals surface area contributed by atoms with Gasteiger partial charge in [0.15, 0.2) is 0 Å². The molecule has 4 nitrogen and oxygen atoms in total. The average Bonchev–Trinajstić information content (AvgIpc) is 2.77. The molecule has 2 heterocycles. The lowest BCUT2D eigenvalue weighted by Gasteiger charge is -2.15. The third kappa shape index (κ3) is 3.50. The maximum atomic E-state index is 5.93. The lowest BCUT2D eigenvalue weighted by atomic mass is 10.0. The molecule has 0 aliphatic heterocycles. The number of hydrogen-bond donors (Lipinski definition) is 1. The van der Waals surface area contributed by atoms with Gasteiger partial charge in [-0.2, -0.15) is 0 Å². The molecular formula is C16H28N4. The van der Waals surface area contributed by atoms with Crippen molar-refractivity contribution in [2.45, 2.75) is 60.4 Å². The summed E-state index contributed by atoms with van der Waals surface area (Å²) in [6.45, 7) is 12.8. The zero-order valence-corrected chi connectivity index (χ0v) is 13.6. The van der Waals surface area contributed by atoms with E-state index in [1.165, 1.54) is 6.42 Å². The third-order valence-corrected chi connectivity index (χ3v) is 3.46. The van der Waals surface area contributed by atoms with E-state index >= 15 is 0 Å². The van der Waals surface area contributed by atoms with Crippen molar-refractivity contribution in [1.29, 1.82) is 0 Å². The van der Waals surface area contributed by atoms with Crippen molar-refractivity contribution in [2.75, 3.05) is 5.73 Å². The van der Waals surface area contributed by atoms with E-state index in [2.05, 4.69) is 48.4 Å². The first-order valence-corrected chi connectivity index (χ1v) is 7.58. The van der Waals surface area contributed by atoms with Gasteiger partial charge < -0.3 is 10.3 Å². The normalized spacial score (nSPS) is 12.3. The summed E-state index contributed by atoms with van der Waals surface area (Å²) in [4.78, 5) is 8.45. The molecule has 1 unspecified atom stereocenters. The van der Waals surface area contributed by atoms with Gasteiger partial charge in [-0.05, 0) is 38.2 Å². The number of aromatic nitrogens is 3. The van der Waals surface area contributed by atoms with Gasteiger partial charge in [0.05, 0.1) is 5.39 Å². The molecule has 0 aliphatic rings. The van der Waals surface area contributed by atoms with Crippen molar-refractivity contribution in [2.24, 2.45) is 5.92 Å². The summed E-state index contributed by atoms with van der Waals surface area (Å²) in [5.74, 6) is 1.31. The van der Waals surface area contributed by atoms with Gasteiger partial charge in [-0.15, -0.1) is 0 Å². The molecule has 2 aromatic rings. The molecule has 2 aromatic heterocycles. The molecule has 1 atom stereocenters. The van der Waals surface area contributed by atoms with Crippen LogP contribution in [0.3, 0.4) is 0 Å². The van der Waals surface area contributed by atoms with Crippen molar-refractivity contribution in [1.82, 2.24) is 14.5 Å². The van der Waals surface area contributed by atoms with E-state index in [-0.39, 0.29) is 0 Å². The summed E-state index contributed by atoms with van der Waals surface area (Å²) < 4.78 is 2.23. The summed E-state index contributed by atoms with van der Waals surface area (Å²) >= 11 is 0. The van der Waals surface area contributed by atoms with Crippen LogP contribution in [0.15, 0.2) is 12.5 Å². The third-order valence-electron chi connectivity index (χ3n) is 3.46. The van der Waals surface area contributed by atoms with E-state index in [9.17, 15) is 0 Å². The quantitative estimate of drug-likeness (QED) is 0.903. The van der Waals surface area contributed by atoms with Crippen LogP contribution in [0.25, 0.3) is 11.0 Å². The van der Waals surface area contributed by atoms with E-state index in [4.69, 9.17) is 5.73 Å². The molecular weight excluding hydrogens is 248 g/mol. The molecule has 0 fully saturated rings. The summed E-state index contributed by atoms with van der Waals surface area (Å²) in [6, 6.07) is 0.442. The minimum absolute atomic E-state index is 0.442. The number of nitrogens with two attached hydrogens (primary N) is 1. The molecule has 0 saturated heterocycles. The summed E-state index contributed by atoms with van der Waals surface area (Å²) in [5.41, 5.74) is 8.04. The van der Waals surface area contributed by atoms with Crippen LogP contribution in [0.4, 0.5) is 5.82 Å². The first-order valence-electron chi connectivity index (χ1n) is 7.58. The Morgan fingerprint density at radius 1 is 1.15 bits per heavy atom. The van der Waals surface area contributed by atoms with Crippen LogP contribution in [0, 0.1) is 12.8 Å². The Kier molecular flexibility index (Phi) is 5.99. The van der Waals surface area contributed by atoms with Crippen molar-refractivity contribution in [3.8, 4) is 0 Å². The highest BCUT2D eigenvalue weighted by Crippen LogP contribution is 2.27. The zero-order valence-electron chi connectivity index (χ0n) is 13.6. The number of fused-ring (bicyclic) bond motifs is 1. The number of anilines is 1. The zero-order chi connectivity index (χ0) is 15.3. The maximum Gasteiger partial charge on any atom is 0.145 e. The second-order valence-electron chi connectivity index (χ2n) is 5.50. The molecule has 4 heteroatoms. The van der Waals surface area contributed by atoms with Crippen LogP contribution < -0.4 is 5.73 Å². The lowest BCUT2D eigenvalue weighted by Crippen LogP contribution is -2.06. The topological polar surface area (TPSA) is 56.7 Å². The predicted octanol–water partition coefficient (Wildman–Crippen LogP) is 4.35. The molecule has 20 heavy (non-hydrogen) atoms. The van der Waals surface area contributed by atoms with Crippen molar-refractivity contribution in [3.63, 3.8) is 0 Å². The molecule has 0 radical (unpaired) electrons. The van der Waals surface area contributed by atoms with Gasteiger partial charge in [-0.25, -0.2) is 9.97 Å². The highest BCUT2D eigenvalue weighted by molar-refractivity contribution is 5.89. The second kappa shape index (κ2) is 7.27. The van der Waals surface area contributed by atoms with Gasteiger partial charge in [0.25, 0.3) is 0 Å². The summed E-state index contributed by atoms with van der Waals surface area (Å²) in [5, 5.41) is 0.994. The second-order valence-corrected chi connectivity index (χ2v) is 5.50. The van der Waals surface area contributed by atoms with E-state index in [0.29, 0.717) is 11.9 Å². The van der Waals surface area contributed by atoms with Crippen LogP contribution in [-0.4, -0.2) is 14.5 Å². The van der Waals surface area contributed by atoms with E-state index in [1.807, 2.05) is 13.8 Å². The fraction of sp³-hybridized carbons (Fsp3) is 0.625. The van der Waals surface area contributed by atoms with Gasteiger partial charge in [0, 0.05) is 12.2 Å². The van der Waals surface area contributed by atoms with Gasteiger partial charge in [-0.1, -0.05) is 27.7 Å². The van der Waals surface area contributed by atoms with Gasteiger partial charge in [0.1, 0.15) is 17.8 Å². The van der Waals surface area contributed by atoms with Crippen LogP contribution in [-0.2, 0) is 0 Å². The molecule has 0 aliphatic carbocycles. The Morgan fingerprint density at radius 3 is 2.40 bits per heavy atom. The fourth-order valence-corrected chi connectivity index (χ4v) is 2.35. The average molecular weight is 276 g/mol. The first-order chi connectivity index (χ1) is 9.50. The molecule has 0 amide bonds. The molecule has 2 N–H and O–H groups in total. The van der Waals surface area contributed by atoms with Gasteiger partial charge >= 0.3 is 0 Å². The highest BCUT2D eigenvalue weighted by Gasteiger charge is 2.14. The molecule has 0 bridgehead atoms. The summed E-state index contributed by atoms with van der Waals surface area (Å²) in [7, 11) is 0. The molecule has 0 aromatic carbocycles. The smallest absolute Gasteiger partial charge is 0.145 e. The minimum atomic E-state index is 0.442. The Hall–Kier alpha value is -1.58. The van der Waals surface area contributed by atoms with Crippen molar-refractivity contribution < 1.29 is 0 Å². The maximum absolute atomic E-state index is 5.93. The van der Waals surface area contributed by atoms with Crippen molar-refractivity contribution in [3.05, 3.63) is 18.1 Å². The fourth-order valence-electron chi connectivity index (χ4n) is 2.35. The highest BCUT2D eigenvalue weighted by atomic mass is 15.1.